The number of rotatable bonds is 5. The Morgan fingerprint density at radius 3 is 2.71 bits per heavy atom. The predicted octanol–water partition coefficient (Wildman–Crippen LogP) is 0.860. The van der Waals surface area contributed by atoms with Gasteiger partial charge in [0, 0.05) is 5.69 Å². The second kappa shape index (κ2) is 6.00. The number of benzene rings is 1. The second-order valence-corrected chi connectivity index (χ2v) is 3.77. The second-order valence-electron chi connectivity index (χ2n) is 3.77. The fourth-order valence-electron chi connectivity index (χ4n) is 1.32. The summed E-state index contributed by atoms with van der Waals surface area (Å²) in [5, 5.41) is 14.2. The zero-order valence-electron chi connectivity index (χ0n) is 9.86. The van der Waals surface area contributed by atoms with Crippen LogP contribution in [0.3, 0.4) is 0 Å². The fraction of sp³-hybridized carbons (Fsp3) is 0.333. The van der Waals surface area contributed by atoms with Crippen LogP contribution in [0.1, 0.15) is 12.5 Å². The molecule has 92 valence electrons. The summed E-state index contributed by atoms with van der Waals surface area (Å²) in [6.45, 7) is 1.75. The molecule has 0 aromatic heterocycles. The van der Waals surface area contributed by atoms with Crippen LogP contribution >= 0.6 is 0 Å². The summed E-state index contributed by atoms with van der Waals surface area (Å²) in [5.41, 5.74) is 1.27. The van der Waals surface area contributed by atoms with Crippen LogP contribution in [-0.4, -0.2) is 30.1 Å². The molecule has 0 saturated heterocycles. The van der Waals surface area contributed by atoms with Crippen LogP contribution in [0.25, 0.3) is 0 Å². The number of hydrogen-bond acceptors (Lipinski definition) is 3. The highest BCUT2D eigenvalue weighted by atomic mass is 16.4. The molecule has 17 heavy (non-hydrogen) atoms. The van der Waals surface area contributed by atoms with Crippen molar-refractivity contribution in [1.29, 1.82) is 0 Å². The summed E-state index contributed by atoms with van der Waals surface area (Å²) >= 11 is 0. The Morgan fingerprint density at radius 2 is 2.12 bits per heavy atom. The summed E-state index contributed by atoms with van der Waals surface area (Å²) in [6.07, 6.45) is -0.0503. The molecule has 0 aliphatic heterocycles. The van der Waals surface area contributed by atoms with Gasteiger partial charge in [-0.25, -0.2) is 0 Å². The van der Waals surface area contributed by atoms with E-state index in [0.29, 0.717) is 11.3 Å². The smallest absolute Gasteiger partial charge is 0.307 e. The molecule has 5 heteroatoms. The number of anilines is 1. The van der Waals surface area contributed by atoms with Gasteiger partial charge in [-0.2, -0.15) is 0 Å². The summed E-state index contributed by atoms with van der Waals surface area (Å²) in [7, 11) is 1.70. The molecule has 1 amide bonds. The molecule has 3 N–H and O–H groups in total. The van der Waals surface area contributed by atoms with Gasteiger partial charge in [0.2, 0.25) is 5.91 Å². The lowest BCUT2D eigenvalue weighted by atomic mass is 10.1. The molecular formula is C12H16N2O3. The molecule has 0 spiro atoms. The predicted molar refractivity (Wildman–Crippen MR) is 64.9 cm³/mol. The highest BCUT2D eigenvalue weighted by molar-refractivity contribution is 5.94. The number of carboxylic acid groups (broad SMARTS) is 1. The average Bonchev–Trinajstić information content (AvgIpc) is 2.27. The topological polar surface area (TPSA) is 78.4 Å². The third-order valence-corrected chi connectivity index (χ3v) is 2.38. The zero-order valence-corrected chi connectivity index (χ0v) is 9.86. The van der Waals surface area contributed by atoms with Crippen molar-refractivity contribution in [3.63, 3.8) is 0 Å². The van der Waals surface area contributed by atoms with E-state index < -0.39 is 5.97 Å². The molecule has 0 bridgehead atoms. The van der Waals surface area contributed by atoms with Gasteiger partial charge in [0.25, 0.3) is 0 Å². The minimum Gasteiger partial charge on any atom is -0.481 e. The summed E-state index contributed by atoms with van der Waals surface area (Å²) in [4.78, 5) is 22.1. The maximum absolute atomic E-state index is 11.6. The molecule has 1 unspecified atom stereocenters. The summed E-state index contributed by atoms with van der Waals surface area (Å²) in [5.74, 6) is -1.04. The van der Waals surface area contributed by atoms with E-state index in [4.69, 9.17) is 5.11 Å². The first-order chi connectivity index (χ1) is 8.02. The number of likely N-dealkylation sites (N-methyl/N-ethyl adjacent to an activating group) is 1. The molecule has 1 rings (SSSR count). The van der Waals surface area contributed by atoms with Crippen molar-refractivity contribution in [1.82, 2.24) is 5.32 Å². The molecule has 1 aromatic carbocycles. The Kier molecular flexibility index (Phi) is 4.66. The van der Waals surface area contributed by atoms with Gasteiger partial charge in [-0.3, -0.25) is 9.59 Å². The lowest BCUT2D eigenvalue weighted by Gasteiger charge is -2.11. The Hall–Kier alpha value is -1.88. The van der Waals surface area contributed by atoms with Gasteiger partial charge in [-0.1, -0.05) is 12.1 Å². The molecule has 0 fully saturated rings. The Labute approximate surface area is 99.8 Å². The van der Waals surface area contributed by atoms with Crippen molar-refractivity contribution < 1.29 is 14.7 Å². The molecular weight excluding hydrogens is 220 g/mol. The van der Waals surface area contributed by atoms with Crippen molar-refractivity contribution in [2.75, 3.05) is 12.4 Å². The molecule has 0 radical (unpaired) electrons. The van der Waals surface area contributed by atoms with E-state index in [1.54, 1.807) is 38.2 Å². The number of carbonyl (C=O) groups excluding carboxylic acids is 1. The third-order valence-electron chi connectivity index (χ3n) is 2.38. The first-order valence-corrected chi connectivity index (χ1v) is 5.32. The van der Waals surface area contributed by atoms with Crippen LogP contribution in [0.15, 0.2) is 24.3 Å². The molecule has 1 atom stereocenters. The molecule has 0 saturated carbocycles. The number of nitrogens with one attached hydrogen (secondary N) is 2. The molecule has 1 aromatic rings. The minimum absolute atomic E-state index is 0.0503. The molecule has 5 nitrogen and oxygen atoms in total. The number of carboxylic acids is 1. The van der Waals surface area contributed by atoms with Crippen molar-refractivity contribution in [3.05, 3.63) is 29.8 Å². The van der Waals surface area contributed by atoms with Gasteiger partial charge < -0.3 is 15.7 Å². The van der Waals surface area contributed by atoms with Crippen LogP contribution in [0.4, 0.5) is 5.69 Å². The van der Waals surface area contributed by atoms with E-state index >= 15 is 0 Å². The highest BCUT2D eigenvalue weighted by Crippen LogP contribution is 2.11. The number of hydrogen-bond donors (Lipinski definition) is 3. The van der Waals surface area contributed by atoms with Crippen LogP contribution in [-0.2, 0) is 16.0 Å². The SMILES string of the molecule is CNC(C)C(=O)Nc1cccc(CC(=O)O)c1. The largest absolute Gasteiger partial charge is 0.481 e. The summed E-state index contributed by atoms with van der Waals surface area (Å²) < 4.78 is 0. The minimum atomic E-state index is -0.892. The van der Waals surface area contributed by atoms with Crippen LogP contribution in [0.2, 0.25) is 0 Å². The molecule has 0 heterocycles. The molecule has 0 aliphatic carbocycles. The quantitative estimate of drug-likeness (QED) is 0.708. The Balaban J connectivity index is 2.72. The van der Waals surface area contributed by atoms with Gasteiger partial charge in [0.1, 0.15) is 0 Å². The monoisotopic (exact) mass is 236 g/mol. The van der Waals surface area contributed by atoms with E-state index in [1.165, 1.54) is 0 Å². The van der Waals surface area contributed by atoms with Gasteiger partial charge in [0.05, 0.1) is 12.5 Å². The van der Waals surface area contributed by atoms with Gasteiger partial charge in [-0.15, -0.1) is 0 Å². The van der Waals surface area contributed by atoms with Crippen molar-refractivity contribution >= 4 is 17.6 Å². The zero-order chi connectivity index (χ0) is 12.8. The maximum atomic E-state index is 11.6. The third kappa shape index (κ3) is 4.24. The van der Waals surface area contributed by atoms with Gasteiger partial charge >= 0.3 is 5.97 Å². The van der Waals surface area contributed by atoms with E-state index in [0.717, 1.165) is 0 Å². The number of amides is 1. The first-order valence-electron chi connectivity index (χ1n) is 5.32. The molecule has 0 aliphatic rings. The number of carbonyl (C=O) groups is 2. The van der Waals surface area contributed by atoms with Crippen molar-refractivity contribution in [3.8, 4) is 0 Å². The van der Waals surface area contributed by atoms with E-state index in [1.807, 2.05) is 0 Å². The van der Waals surface area contributed by atoms with E-state index in [9.17, 15) is 9.59 Å². The van der Waals surface area contributed by atoms with Gasteiger partial charge in [0.15, 0.2) is 0 Å². The van der Waals surface area contributed by atoms with Crippen molar-refractivity contribution in [2.45, 2.75) is 19.4 Å². The standard InChI is InChI=1S/C12H16N2O3/c1-8(13-2)12(17)14-10-5-3-4-9(6-10)7-11(15)16/h3-6,8,13H,7H2,1-2H3,(H,14,17)(H,15,16). The van der Waals surface area contributed by atoms with Crippen molar-refractivity contribution in [2.24, 2.45) is 0 Å². The highest BCUT2D eigenvalue weighted by Gasteiger charge is 2.10. The Bertz CT molecular complexity index is 418. The van der Waals surface area contributed by atoms with Crippen LogP contribution < -0.4 is 10.6 Å². The van der Waals surface area contributed by atoms with Crippen LogP contribution in [0.5, 0.6) is 0 Å². The fourth-order valence-corrected chi connectivity index (χ4v) is 1.32. The van der Waals surface area contributed by atoms with E-state index in [2.05, 4.69) is 10.6 Å². The number of aliphatic carboxylic acids is 1. The first kappa shape index (κ1) is 13.2. The maximum Gasteiger partial charge on any atom is 0.307 e. The Morgan fingerprint density at radius 1 is 1.41 bits per heavy atom. The summed E-state index contributed by atoms with van der Waals surface area (Å²) in [6, 6.07) is 6.53. The van der Waals surface area contributed by atoms with Gasteiger partial charge in [-0.05, 0) is 31.7 Å². The lowest BCUT2D eigenvalue weighted by Crippen LogP contribution is -2.35. The average molecular weight is 236 g/mol. The van der Waals surface area contributed by atoms with E-state index in [-0.39, 0.29) is 18.4 Å². The van der Waals surface area contributed by atoms with Crippen LogP contribution in [0, 0.1) is 0 Å². The normalized spacial score (nSPS) is 11.9. The lowest BCUT2D eigenvalue weighted by molar-refractivity contribution is -0.136.